The first-order valence-electron chi connectivity index (χ1n) is 11.3. The van der Waals surface area contributed by atoms with Crippen LogP contribution in [0.4, 0.5) is 4.79 Å². The van der Waals surface area contributed by atoms with Gasteiger partial charge >= 0.3 is 6.03 Å². The average molecular weight is 463 g/mol. The largest absolute Gasteiger partial charge is 0.335 e. The van der Waals surface area contributed by atoms with Crippen LogP contribution in [0, 0.1) is 0 Å². The predicted octanol–water partition coefficient (Wildman–Crippen LogP) is 2.04. The molecule has 174 valence electrons. The molecule has 9 nitrogen and oxygen atoms in total. The van der Waals surface area contributed by atoms with Crippen LogP contribution in [0.15, 0.2) is 23.1 Å². The van der Waals surface area contributed by atoms with Crippen LogP contribution in [0.5, 0.6) is 0 Å². The van der Waals surface area contributed by atoms with E-state index in [1.54, 1.807) is 23.6 Å². The van der Waals surface area contributed by atoms with E-state index in [2.05, 4.69) is 5.32 Å². The van der Waals surface area contributed by atoms with Crippen LogP contribution in [0.3, 0.4) is 0 Å². The Kier molecular flexibility index (Phi) is 6.15. The lowest BCUT2D eigenvalue weighted by Crippen LogP contribution is -2.54. The summed E-state index contributed by atoms with van der Waals surface area (Å²) >= 11 is 0. The molecule has 0 unspecified atom stereocenters. The summed E-state index contributed by atoms with van der Waals surface area (Å²) in [6, 6.07) is 3.86. The lowest BCUT2D eigenvalue weighted by molar-refractivity contribution is 0.0661. The quantitative estimate of drug-likeness (QED) is 0.740. The minimum atomic E-state index is -3.96. The fourth-order valence-electron chi connectivity index (χ4n) is 4.70. The molecular weight excluding hydrogens is 432 g/mol. The van der Waals surface area contributed by atoms with Gasteiger partial charge in [0, 0.05) is 43.8 Å². The Morgan fingerprint density at radius 2 is 1.62 bits per heavy atom. The van der Waals surface area contributed by atoms with Gasteiger partial charge in [0.15, 0.2) is 0 Å². The van der Waals surface area contributed by atoms with Crippen molar-refractivity contribution in [1.82, 2.24) is 19.4 Å². The predicted molar refractivity (Wildman–Crippen MR) is 118 cm³/mol. The molecule has 1 aromatic rings. The van der Waals surface area contributed by atoms with E-state index >= 15 is 0 Å². The molecule has 4 amide bonds. The minimum absolute atomic E-state index is 0.0834. The van der Waals surface area contributed by atoms with Gasteiger partial charge in [-0.2, -0.15) is 0 Å². The molecule has 10 heteroatoms. The zero-order valence-corrected chi connectivity index (χ0v) is 19.4. The second-order valence-corrected chi connectivity index (χ2v) is 10.8. The molecule has 2 aliphatic heterocycles. The number of carbonyl (C=O) groups is 3. The van der Waals surface area contributed by atoms with Crippen molar-refractivity contribution in [3.63, 3.8) is 0 Å². The summed E-state index contributed by atoms with van der Waals surface area (Å²) in [5.41, 5.74) is 0.324. The van der Waals surface area contributed by atoms with E-state index in [1.165, 1.54) is 24.6 Å². The minimum Gasteiger partial charge on any atom is -0.335 e. The highest BCUT2D eigenvalue weighted by atomic mass is 32.2. The standard InChI is InChI=1S/C22H30N4O5S/c1-15(2)26-21(28)18-9-8-16(14-19(18)32(26,30)31)20(27)24-10-12-25(13-11-24)22(29)23-17-6-4-3-5-7-17/h8-9,14-15,17H,3-7,10-13H2,1-2H3,(H,23,29). The molecule has 4 rings (SSSR count). The third-order valence-electron chi connectivity index (χ3n) is 6.45. The zero-order valence-electron chi connectivity index (χ0n) is 18.5. The number of fused-ring (bicyclic) bond motifs is 1. The number of piperazine rings is 1. The van der Waals surface area contributed by atoms with Gasteiger partial charge in [0.25, 0.3) is 21.8 Å². The number of benzene rings is 1. The van der Waals surface area contributed by atoms with Gasteiger partial charge in [-0.15, -0.1) is 0 Å². The van der Waals surface area contributed by atoms with Crippen molar-refractivity contribution in [2.24, 2.45) is 0 Å². The van der Waals surface area contributed by atoms with E-state index < -0.39 is 22.0 Å². The summed E-state index contributed by atoms with van der Waals surface area (Å²) in [5.74, 6) is -0.864. The lowest BCUT2D eigenvalue weighted by atomic mass is 9.96. The van der Waals surface area contributed by atoms with Crippen molar-refractivity contribution >= 4 is 27.9 Å². The monoisotopic (exact) mass is 462 g/mol. The zero-order chi connectivity index (χ0) is 23.0. The molecule has 1 aromatic carbocycles. The van der Waals surface area contributed by atoms with Gasteiger partial charge in [-0.1, -0.05) is 19.3 Å². The Bertz CT molecular complexity index is 1020. The molecule has 1 saturated carbocycles. The number of amides is 4. The van der Waals surface area contributed by atoms with Crippen molar-refractivity contribution in [1.29, 1.82) is 0 Å². The fourth-order valence-corrected chi connectivity index (χ4v) is 6.49. The van der Waals surface area contributed by atoms with Gasteiger partial charge in [0.2, 0.25) is 0 Å². The summed E-state index contributed by atoms with van der Waals surface area (Å²) in [6.45, 7) is 4.87. The van der Waals surface area contributed by atoms with Gasteiger partial charge < -0.3 is 15.1 Å². The van der Waals surface area contributed by atoms with Crippen LogP contribution in [-0.4, -0.2) is 78.6 Å². The molecule has 3 aliphatic rings. The summed E-state index contributed by atoms with van der Waals surface area (Å²) < 4.78 is 26.5. The maximum Gasteiger partial charge on any atom is 0.317 e. The maximum atomic E-state index is 13.0. The summed E-state index contributed by atoms with van der Waals surface area (Å²) in [5, 5.41) is 3.10. The maximum absolute atomic E-state index is 13.0. The van der Waals surface area contributed by atoms with Crippen molar-refractivity contribution < 1.29 is 22.8 Å². The molecule has 0 aromatic heterocycles. The molecule has 2 fully saturated rings. The highest BCUT2D eigenvalue weighted by molar-refractivity contribution is 7.90. The Morgan fingerprint density at radius 1 is 1.00 bits per heavy atom. The van der Waals surface area contributed by atoms with Crippen molar-refractivity contribution in [3.05, 3.63) is 29.3 Å². The third kappa shape index (κ3) is 4.07. The number of sulfonamides is 1. The SMILES string of the molecule is CC(C)N1C(=O)c2ccc(C(=O)N3CCN(C(=O)NC4CCCCC4)CC3)cc2S1(=O)=O. The summed E-state index contributed by atoms with van der Waals surface area (Å²) in [6.07, 6.45) is 5.54. The molecule has 0 atom stereocenters. The fraction of sp³-hybridized carbons (Fsp3) is 0.591. The first-order chi connectivity index (χ1) is 15.2. The van der Waals surface area contributed by atoms with Crippen LogP contribution in [-0.2, 0) is 10.0 Å². The van der Waals surface area contributed by atoms with E-state index in [0.717, 1.165) is 30.0 Å². The van der Waals surface area contributed by atoms with Gasteiger partial charge in [-0.25, -0.2) is 17.5 Å². The van der Waals surface area contributed by atoms with Crippen LogP contribution in [0.1, 0.15) is 66.7 Å². The summed E-state index contributed by atoms with van der Waals surface area (Å²) in [4.78, 5) is 41.3. The molecule has 2 heterocycles. The van der Waals surface area contributed by atoms with Gasteiger partial charge in [-0.3, -0.25) is 9.59 Å². The molecule has 0 bridgehead atoms. The molecule has 1 N–H and O–H groups in total. The normalized spacial score (nSPS) is 21.1. The Balaban J connectivity index is 1.41. The number of urea groups is 1. The smallest absolute Gasteiger partial charge is 0.317 e. The topological polar surface area (TPSA) is 107 Å². The Labute approximate surface area is 188 Å². The molecule has 1 aliphatic carbocycles. The molecule has 0 radical (unpaired) electrons. The molecule has 0 spiro atoms. The first-order valence-corrected chi connectivity index (χ1v) is 12.7. The van der Waals surface area contributed by atoms with E-state index in [4.69, 9.17) is 0 Å². The van der Waals surface area contributed by atoms with Crippen LogP contribution in [0.2, 0.25) is 0 Å². The van der Waals surface area contributed by atoms with Crippen molar-refractivity contribution in [2.45, 2.75) is 62.9 Å². The lowest BCUT2D eigenvalue weighted by Gasteiger charge is -2.36. The number of carbonyl (C=O) groups excluding carboxylic acids is 3. The van der Waals surface area contributed by atoms with Gasteiger partial charge in [0.1, 0.15) is 4.90 Å². The van der Waals surface area contributed by atoms with Crippen molar-refractivity contribution in [2.75, 3.05) is 26.2 Å². The van der Waals surface area contributed by atoms with Gasteiger partial charge in [-0.05, 0) is 44.9 Å². The van der Waals surface area contributed by atoms with Gasteiger partial charge in [0.05, 0.1) is 5.56 Å². The number of nitrogens with one attached hydrogen (secondary N) is 1. The van der Waals surface area contributed by atoms with Crippen LogP contribution >= 0.6 is 0 Å². The molecule has 32 heavy (non-hydrogen) atoms. The molecular formula is C22H30N4O5S. The highest BCUT2D eigenvalue weighted by Gasteiger charge is 2.43. The third-order valence-corrected chi connectivity index (χ3v) is 8.45. The van der Waals surface area contributed by atoms with Crippen molar-refractivity contribution in [3.8, 4) is 0 Å². The highest BCUT2D eigenvalue weighted by Crippen LogP contribution is 2.33. The molecule has 1 saturated heterocycles. The van der Waals surface area contributed by atoms with E-state index in [0.29, 0.717) is 26.2 Å². The average Bonchev–Trinajstić information content (AvgIpc) is 2.98. The van der Waals surface area contributed by atoms with Crippen LogP contribution < -0.4 is 5.32 Å². The number of rotatable bonds is 3. The Hall–Kier alpha value is -2.62. The Morgan fingerprint density at radius 3 is 2.25 bits per heavy atom. The van der Waals surface area contributed by atoms with E-state index in [1.807, 2.05) is 0 Å². The second kappa shape index (κ2) is 8.73. The van der Waals surface area contributed by atoms with Crippen LogP contribution in [0.25, 0.3) is 0 Å². The second-order valence-electron chi connectivity index (χ2n) is 8.97. The summed E-state index contributed by atoms with van der Waals surface area (Å²) in [7, 11) is -3.96. The first kappa shape index (κ1) is 22.6. The number of nitrogens with zero attached hydrogens (tertiary/aromatic N) is 3. The van der Waals surface area contributed by atoms with E-state index in [-0.39, 0.29) is 34.0 Å². The number of hydrogen-bond donors (Lipinski definition) is 1. The van der Waals surface area contributed by atoms with E-state index in [9.17, 15) is 22.8 Å². The number of hydrogen-bond acceptors (Lipinski definition) is 5.